The Balaban J connectivity index is 2.06. The minimum Gasteiger partial charge on any atom is -0.624 e. The molecule has 2 saturated carbocycles. The number of Topliss-reactive ketones (excluding diaryl/α,β-unsaturated/α-hetero) is 1. The van der Waals surface area contributed by atoms with E-state index in [1.54, 1.807) is 6.92 Å². The molecule has 2 fully saturated rings. The van der Waals surface area contributed by atoms with Crippen LogP contribution in [0.1, 0.15) is 65.2 Å². The molecule has 0 amide bonds. The van der Waals surface area contributed by atoms with Gasteiger partial charge in [-0.3, -0.25) is 4.79 Å². The van der Waals surface area contributed by atoms with Crippen molar-refractivity contribution < 1.29 is 19.4 Å². The summed E-state index contributed by atoms with van der Waals surface area (Å²) in [6, 6.07) is 0. The van der Waals surface area contributed by atoms with Crippen LogP contribution in [0.4, 0.5) is 0 Å². The number of carbonyl (C=O) groups excluding carboxylic acids is 2. The van der Waals surface area contributed by atoms with E-state index in [0.29, 0.717) is 37.4 Å². The molecule has 0 spiro atoms. The molecule has 2 aliphatic carbocycles. The Morgan fingerprint density at radius 2 is 1.92 bits per heavy atom. The van der Waals surface area contributed by atoms with Crippen molar-refractivity contribution in [2.75, 3.05) is 6.54 Å². The number of hydrogen-bond donors (Lipinski definition) is 1. The van der Waals surface area contributed by atoms with Crippen molar-refractivity contribution in [3.05, 3.63) is 5.21 Å². The van der Waals surface area contributed by atoms with E-state index in [-0.39, 0.29) is 17.6 Å². The summed E-state index contributed by atoms with van der Waals surface area (Å²) in [4.78, 5) is 23.6. The third-order valence-corrected chi connectivity index (χ3v) is 5.89. The lowest BCUT2D eigenvalue weighted by atomic mass is 9.67. The first-order valence-corrected chi connectivity index (χ1v) is 9.48. The maximum Gasteiger partial charge on any atom is 0.176 e. The average molecular weight is 337 g/mol. The van der Waals surface area contributed by atoms with Gasteiger partial charge in [-0.25, -0.2) is 4.74 Å². The second-order valence-corrected chi connectivity index (χ2v) is 7.46. The van der Waals surface area contributed by atoms with Crippen LogP contribution in [-0.4, -0.2) is 40.3 Å². The number of nitrogens with zero attached hydrogens (tertiary/aromatic N) is 1. The Kier molecular flexibility index (Phi) is 6.96. The molecule has 1 N–H and O–H groups in total. The molecule has 3 atom stereocenters. The first-order valence-electron chi connectivity index (χ1n) is 9.48. The van der Waals surface area contributed by atoms with Crippen LogP contribution in [-0.2, 0) is 9.59 Å². The Morgan fingerprint density at radius 1 is 1.25 bits per heavy atom. The van der Waals surface area contributed by atoms with E-state index in [9.17, 15) is 19.9 Å². The summed E-state index contributed by atoms with van der Waals surface area (Å²) >= 11 is 0. The topological polar surface area (TPSA) is 80.4 Å². The van der Waals surface area contributed by atoms with Crippen molar-refractivity contribution in [3.8, 4) is 0 Å². The molecule has 0 aromatic carbocycles. The van der Waals surface area contributed by atoms with Gasteiger partial charge in [0.25, 0.3) is 0 Å². The quantitative estimate of drug-likeness (QED) is 0.266. The highest BCUT2D eigenvalue weighted by atomic mass is 16.5. The molecule has 2 rings (SSSR count). The minimum absolute atomic E-state index is 0.0222. The van der Waals surface area contributed by atoms with Crippen LogP contribution in [0.3, 0.4) is 0 Å². The molecule has 24 heavy (non-hydrogen) atoms. The summed E-state index contributed by atoms with van der Waals surface area (Å²) in [5.41, 5.74) is 0.556. The smallest absolute Gasteiger partial charge is 0.176 e. The van der Waals surface area contributed by atoms with Crippen molar-refractivity contribution in [1.82, 2.24) is 0 Å². The lowest BCUT2D eigenvalue weighted by Gasteiger charge is -2.38. The lowest BCUT2D eigenvalue weighted by Crippen LogP contribution is -2.46. The zero-order valence-corrected chi connectivity index (χ0v) is 14.9. The molecule has 5 heteroatoms. The van der Waals surface area contributed by atoms with Crippen LogP contribution in [0.5, 0.6) is 0 Å². The summed E-state index contributed by atoms with van der Waals surface area (Å²) in [6.07, 6.45) is 6.45. The number of carbonyl (C=O) groups is 2. The molecule has 136 valence electrons. The van der Waals surface area contributed by atoms with Crippen LogP contribution >= 0.6 is 0 Å². The van der Waals surface area contributed by atoms with Gasteiger partial charge >= 0.3 is 0 Å². The Hall–Kier alpha value is -1.23. The van der Waals surface area contributed by atoms with Gasteiger partial charge in [0.05, 0.1) is 6.10 Å². The van der Waals surface area contributed by atoms with Gasteiger partial charge in [0, 0.05) is 18.8 Å². The molecule has 0 radical (unpaired) electrons. The molecule has 3 unspecified atom stereocenters. The predicted molar refractivity (Wildman–Crippen MR) is 92.8 cm³/mol. The minimum atomic E-state index is -0.746. The lowest BCUT2D eigenvalue weighted by molar-refractivity contribution is -0.457. The first kappa shape index (κ1) is 19.1. The molecule has 5 nitrogen and oxygen atoms in total. The molecule has 0 aliphatic heterocycles. The van der Waals surface area contributed by atoms with Gasteiger partial charge in [0.1, 0.15) is 18.0 Å². The summed E-state index contributed by atoms with van der Waals surface area (Å²) in [7, 11) is 0. The van der Waals surface area contributed by atoms with Crippen molar-refractivity contribution in [3.63, 3.8) is 0 Å². The van der Waals surface area contributed by atoms with E-state index in [0.717, 1.165) is 43.1 Å². The molecule has 0 heterocycles. The highest BCUT2D eigenvalue weighted by molar-refractivity contribution is 6.04. The Bertz CT molecular complexity index is 480. The number of hydrogen-bond acceptors (Lipinski definition) is 4. The third-order valence-electron chi connectivity index (χ3n) is 5.89. The highest BCUT2D eigenvalue weighted by Crippen LogP contribution is 2.40. The fourth-order valence-corrected chi connectivity index (χ4v) is 4.54. The molecule has 0 aromatic heterocycles. The van der Waals surface area contributed by atoms with E-state index in [2.05, 4.69) is 0 Å². The predicted octanol–water partition coefficient (Wildman–Crippen LogP) is 2.72. The zero-order valence-electron chi connectivity index (χ0n) is 14.9. The maximum atomic E-state index is 12.7. The molecular formula is C19H31NO4. The number of rotatable bonds is 6. The summed E-state index contributed by atoms with van der Waals surface area (Å²) < 4.78 is 0.894. The molecule has 0 saturated heterocycles. The van der Waals surface area contributed by atoms with Crippen LogP contribution in [0, 0.1) is 28.9 Å². The second kappa shape index (κ2) is 8.75. The van der Waals surface area contributed by atoms with Gasteiger partial charge in [-0.15, -0.1) is 0 Å². The van der Waals surface area contributed by atoms with E-state index in [4.69, 9.17) is 0 Å². The third kappa shape index (κ3) is 4.24. The SMILES string of the molecule is CCC/C(C1C(=O)CC(C2CCC(C=O)CC2)CC1O)=[N+](/[O-])CC. The van der Waals surface area contributed by atoms with E-state index in [1.165, 1.54) is 0 Å². The second-order valence-electron chi connectivity index (χ2n) is 7.46. The summed E-state index contributed by atoms with van der Waals surface area (Å²) in [6.45, 7) is 4.07. The summed E-state index contributed by atoms with van der Waals surface area (Å²) in [5, 5.41) is 22.7. The van der Waals surface area contributed by atoms with Crippen LogP contribution in [0.15, 0.2) is 0 Å². The van der Waals surface area contributed by atoms with Crippen LogP contribution < -0.4 is 0 Å². The van der Waals surface area contributed by atoms with Crippen molar-refractivity contribution >= 4 is 17.8 Å². The fourth-order valence-electron chi connectivity index (χ4n) is 4.54. The van der Waals surface area contributed by atoms with Crippen molar-refractivity contribution in [2.45, 2.75) is 71.3 Å². The van der Waals surface area contributed by atoms with E-state index >= 15 is 0 Å². The monoisotopic (exact) mass is 337 g/mol. The fraction of sp³-hybridized carbons (Fsp3) is 0.842. The van der Waals surface area contributed by atoms with Gasteiger partial charge in [-0.05, 0) is 57.3 Å². The Labute approximate surface area is 144 Å². The number of aliphatic hydroxyl groups excluding tert-OH is 1. The number of aldehydes is 1. The van der Waals surface area contributed by atoms with Gasteiger partial charge in [0.15, 0.2) is 12.3 Å². The van der Waals surface area contributed by atoms with Gasteiger partial charge in [-0.2, -0.15) is 0 Å². The largest absolute Gasteiger partial charge is 0.624 e. The molecule has 0 bridgehead atoms. The normalized spacial score (nSPS) is 35.5. The van der Waals surface area contributed by atoms with E-state index < -0.39 is 12.0 Å². The number of ketones is 1. The van der Waals surface area contributed by atoms with Gasteiger partial charge < -0.3 is 15.1 Å². The maximum absolute atomic E-state index is 12.7. The zero-order chi connectivity index (χ0) is 17.7. The summed E-state index contributed by atoms with van der Waals surface area (Å²) in [5.74, 6) is 0.186. The number of hydroxylamine groups is 1. The standard InChI is InChI=1S/C19H31NO4/c1-3-5-16(20(24)4-2)19-17(22)10-15(11-18(19)23)14-8-6-13(12-21)7-9-14/h12-15,17,19,22H,3-11H2,1-2H3/b20-16-. The number of aliphatic hydroxyl groups is 1. The molecule has 2 aliphatic rings. The highest BCUT2D eigenvalue weighted by Gasteiger charge is 2.44. The van der Waals surface area contributed by atoms with E-state index in [1.807, 2.05) is 6.92 Å². The van der Waals surface area contributed by atoms with Crippen molar-refractivity contribution in [2.24, 2.45) is 23.7 Å². The van der Waals surface area contributed by atoms with Crippen molar-refractivity contribution in [1.29, 1.82) is 0 Å². The molecular weight excluding hydrogens is 306 g/mol. The van der Waals surface area contributed by atoms with Crippen LogP contribution in [0.25, 0.3) is 0 Å². The van der Waals surface area contributed by atoms with Gasteiger partial charge in [-0.1, -0.05) is 6.92 Å². The average Bonchev–Trinajstić information content (AvgIpc) is 2.59. The van der Waals surface area contributed by atoms with Crippen LogP contribution in [0.2, 0.25) is 0 Å². The Morgan fingerprint density at radius 3 is 2.42 bits per heavy atom. The van der Waals surface area contributed by atoms with Gasteiger partial charge in [0.2, 0.25) is 0 Å². The molecule has 0 aromatic rings. The first-order chi connectivity index (χ1) is 11.5.